The fraction of sp³-hybridized carbons (Fsp3) is 0.121. The van der Waals surface area contributed by atoms with E-state index in [2.05, 4.69) is 39.1 Å². The molecular formula is C33H28N6O20S5. The zero-order valence-electron chi connectivity index (χ0n) is 31.5. The topological polar surface area (TPSA) is 422 Å². The minimum absolute atomic E-state index is 0.00899. The normalized spacial score (nSPS) is 13.1. The monoisotopic (exact) mass is 988 g/mol. The van der Waals surface area contributed by atoms with Crippen molar-refractivity contribution in [3.8, 4) is 17.2 Å². The highest BCUT2D eigenvalue weighted by Gasteiger charge is 2.24. The third-order valence-corrected chi connectivity index (χ3v) is 13.3. The summed E-state index contributed by atoms with van der Waals surface area (Å²) in [6.07, 6.45) is 0. The van der Waals surface area contributed by atoms with Crippen molar-refractivity contribution in [1.82, 2.24) is 0 Å². The molecule has 0 aliphatic heterocycles. The van der Waals surface area contributed by atoms with Crippen molar-refractivity contribution in [2.75, 3.05) is 24.7 Å². The summed E-state index contributed by atoms with van der Waals surface area (Å²) < 4.78 is 152. The summed E-state index contributed by atoms with van der Waals surface area (Å²) in [7, 11) is -22.9. The van der Waals surface area contributed by atoms with E-state index in [1.807, 2.05) is 0 Å². The molecule has 7 N–H and O–H groups in total. The van der Waals surface area contributed by atoms with Gasteiger partial charge in [0.15, 0.2) is 31.1 Å². The van der Waals surface area contributed by atoms with Crippen LogP contribution in [0.2, 0.25) is 0 Å². The molecule has 0 heterocycles. The minimum atomic E-state index is -4.90. The van der Waals surface area contributed by atoms with E-state index in [0.717, 1.165) is 60.7 Å². The molecule has 26 nitrogen and oxygen atoms in total. The maximum atomic E-state index is 12.5. The van der Waals surface area contributed by atoms with E-state index in [9.17, 15) is 71.9 Å². The molecule has 5 rings (SSSR count). The van der Waals surface area contributed by atoms with Crippen LogP contribution in [0.15, 0.2) is 124 Å². The predicted molar refractivity (Wildman–Crippen MR) is 217 cm³/mol. The van der Waals surface area contributed by atoms with Crippen LogP contribution in [-0.2, 0) is 59.0 Å². The molecule has 340 valence electrons. The Bertz CT molecular complexity index is 3330. The maximum absolute atomic E-state index is 12.5. The van der Waals surface area contributed by atoms with E-state index in [1.54, 1.807) is 0 Å². The number of sulfone groups is 2. The van der Waals surface area contributed by atoms with Crippen molar-refractivity contribution in [1.29, 1.82) is 0 Å². The first-order chi connectivity index (χ1) is 29.6. The Morgan fingerprint density at radius 2 is 0.938 bits per heavy atom. The molecule has 5 aromatic rings. The van der Waals surface area contributed by atoms with Crippen molar-refractivity contribution < 1.29 is 89.3 Å². The number of aromatic carboxylic acids is 1. The number of azo groups is 3. The van der Waals surface area contributed by atoms with Gasteiger partial charge in [-0.25, -0.2) is 30.0 Å². The molecule has 0 unspecified atom stereocenters. The third-order valence-electron chi connectivity index (χ3n) is 8.14. The molecule has 0 atom stereocenters. The van der Waals surface area contributed by atoms with Crippen LogP contribution >= 0.6 is 0 Å². The number of carboxylic acids is 1. The molecule has 0 bridgehead atoms. The smallest absolute Gasteiger partial charge is 0.397 e. The average Bonchev–Trinajstić information content (AvgIpc) is 3.18. The molecule has 0 amide bonds. The SMILES string of the molecule is O=C(O)c1cc(O)c(N=Nc2cc(O)c(N=Nc3ccc(S(=O)(=O)CCOS(=O)(=O)O)cc3)c3ccc(S(=O)(=O)O)cc23)c(O)c1N=Nc1ccc(S(=O)(=O)CCOS(=O)(=O)O)cc1. The number of rotatable bonds is 18. The summed E-state index contributed by atoms with van der Waals surface area (Å²) >= 11 is 0. The van der Waals surface area contributed by atoms with Crippen LogP contribution in [0.25, 0.3) is 10.8 Å². The van der Waals surface area contributed by atoms with E-state index < -0.39 is 126 Å². The average molecular weight is 989 g/mol. The maximum Gasteiger partial charge on any atom is 0.397 e. The lowest BCUT2D eigenvalue weighted by Crippen LogP contribution is -2.15. The third kappa shape index (κ3) is 12.4. The zero-order chi connectivity index (χ0) is 47.4. The van der Waals surface area contributed by atoms with Gasteiger partial charge < -0.3 is 20.4 Å². The molecule has 0 aromatic heterocycles. The number of phenols is 3. The van der Waals surface area contributed by atoms with Gasteiger partial charge in [0.2, 0.25) is 0 Å². The van der Waals surface area contributed by atoms with Gasteiger partial charge in [0.1, 0.15) is 22.9 Å². The van der Waals surface area contributed by atoms with Gasteiger partial charge in [-0.05, 0) is 66.7 Å². The summed E-state index contributed by atoms with van der Waals surface area (Å²) in [5.41, 5.74) is -3.26. The Hall–Kier alpha value is -6.42. The molecule has 0 spiro atoms. The van der Waals surface area contributed by atoms with Gasteiger partial charge in [0, 0.05) is 16.8 Å². The largest absolute Gasteiger partial charge is 0.506 e. The van der Waals surface area contributed by atoms with E-state index in [4.69, 9.17) is 9.11 Å². The number of benzene rings is 5. The lowest BCUT2D eigenvalue weighted by Gasteiger charge is -2.10. The Morgan fingerprint density at radius 3 is 1.39 bits per heavy atom. The van der Waals surface area contributed by atoms with Crippen LogP contribution in [-0.4, -0.2) is 107 Å². The highest BCUT2D eigenvalue weighted by Crippen LogP contribution is 2.48. The minimum Gasteiger partial charge on any atom is -0.506 e. The van der Waals surface area contributed by atoms with Gasteiger partial charge in [0.05, 0.1) is 62.0 Å². The van der Waals surface area contributed by atoms with Crippen LogP contribution in [0.3, 0.4) is 0 Å². The summed E-state index contributed by atoms with van der Waals surface area (Å²) in [6, 6.07) is 13.2. The second kappa shape index (κ2) is 18.7. The molecule has 0 aliphatic carbocycles. The van der Waals surface area contributed by atoms with Gasteiger partial charge in [-0.15, -0.1) is 20.5 Å². The number of hydrogen-bond donors (Lipinski definition) is 7. The number of carboxylic acid groups (broad SMARTS) is 1. The molecule has 5 aromatic carbocycles. The number of fused-ring (bicyclic) bond motifs is 1. The Kier molecular flexibility index (Phi) is 14.2. The highest BCUT2D eigenvalue weighted by molar-refractivity contribution is 7.91. The molecule has 0 aliphatic rings. The van der Waals surface area contributed by atoms with Crippen LogP contribution < -0.4 is 0 Å². The van der Waals surface area contributed by atoms with Crippen molar-refractivity contribution in [2.24, 2.45) is 30.7 Å². The second-order valence-electron chi connectivity index (χ2n) is 12.5. The first-order valence-corrected chi connectivity index (χ1v) is 24.4. The van der Waals surface area contributed by atoms with Crippen molar-refractivity contribution in [3.05, 3.63) is 84.4 Å². The Balaban J connectivity index is 1.49. The molecular weight excluding hydrogens is 961 g/mol. The fourth-order valence-electron chi connectivity index (χ4n) is 5.19. The number of phenolic OH excluding ortho intramolecular Hbond substituents is 3. The zero-order valence-corrected chi connectivity index (χ0v) is 35.6. The first-order valence-electron chi connectivity index (χ1n) is 16.9. The first kappa shape index (κ1) is 48.6. The van der Waals surface area contributed by atoms with Crippen LogP contribution in [0, 0.1) is 0 Å². The fourth-order valence-corrected chi connectivity index (χ4v) is 8.68. The number of carbonyl (C=O) groups is 1. The van der Waals surface area contributed by atoms with Crippen molar-refractivity contribution in [3.63, 3.8) is 0 Å². The molecule has 64 heavy (non-hydrogen) atoms. The van der Waals surface area contributed by atoms with Gasteiger partial charge >= 0.3 is 26.8 Å². The molecule has 0 saturated carbocycles. The lowest BCUT2D eigenvalue weighted by molar-refractivity contribution is 0.0696. The number of nitrogens with zero attached hydrogens (tertiary/aromatic N) is 6. The Labute approximate surface area is 361 Å². The standard InChI is InChI=1S/C33H28N6O20S5/c40-27-16-25(33(43)44)30(38-35-19-3-7-21(8-4-19)61(47,48)14-12-59-64(55,56)57)32(42)31(27)39-36-26-17-28(41)29(23-10-9-22(15-24(23)26)62(49,50)51)37-34-18-1-5-20(6-2-18)60(45,46)13-11-58-63(52,53)54/h1-10,15-17,40-42H,11-14H2,(H,43,44)(H,49,50,51)(H,52,53,54)(H,55,56,57). The summed E-state index contributed by atoms with van der Waals surface area (Å²) in [6.45, 7) is -1.78. The number of hydrogen-bond acceptors (Lipinski definition) is 22. The summed E-state index contributed by atoms with van der Waals surface area (Å²) in [5.74, 6) is -6.17. The number of aromatic hydroxyl groups is 3. The van der Waals surface area contributed by atoms with Gasteiger partial charge in [-0.3, -0.25) is 13.7 Å². The molecule has 0 fully saturated rings. The summed E-state index contributed by atoms with van der Waals surface area (Å²) in [4.78, 5) is 10.7. The predicted octanol–water partition coefficient (Wildman–Crippen LogP) is 5.33. The van der Waals surface area contributed by atoms with Crippen LogP contribution in [0.4, 0.5) is 34.1 Å². The molecule has 31 heteroatoms. The van der Waals surface area contributed by atoms with E-state index in [-0.39, 0.29) is 37.6 Å². The molecule has 0 radical (unpaired) electrons. The van der Waals surface area contributed by atoms with Crippen LogP contribution in [0.5, 0.6) is 17.2 Å². The van der Waals surface area contributed by atoms with Gasteiger partial charge in [-0.2, -0.15) is 35.5 Å². The van der Waals surface area contributed by atoms with E-state index in [1.165, 1.54) is 12.1 Å². The van der Waals surface area contributed by atoms with Crippen LogP contribution in [0.1, 0.15) is 10.4 Å². The van der Waals surface area contributed by atoms with E-state index in [0.29, 0.717) is 6.07 Å². The van der Waals surface area contributed by atoms with Gasteiger partial charge in [0.25, 0.3) is 10.1 Å². The molecule has 0 saturated heterocycles. The second-order valence-corrected chi connectivity index (χ2v) is 20.3. The highest BCUT2D eigenvalue weighted by atomic mass is 32.3. The van der Waals surface area contributed by atoms with Crippen molar-refractivity contribution >= 4 is 101 Å². The Morgan fingerprint density at radius 1 is 0.500 bits per heavy atom. The summed E-state index contributed by atoms with van der Waals surface area (Å²) in [5, 5.41) is 65.3. The van der Waals surface area contributed by atoms with Gasteiger partial charge in [-0.1, -0.05) is 6.07 Å². The van der Waals surface area contributed by atoms with Crippen molar-refractivity contribution in [2.45, 2.75) is 14.7 Å². The quantitative estimate of drug-likeness (QED) is 0.0430. The lowest BCUT2D eigenvalue weighted by atomic mass is 10.1. The van der Waals surface area contributed by atoms with E-state index >= 15 is 0 Å².